The monoisotopic (exact) mass is 535 g/mol. The molecule has 11 heteroatoms. The molecule has 1 saturated carbocycles. The lowest BCUT2D eigenvalue weighted by Crippen LogP contribution is -2.49. The molecule has 0 spiro atoms. The predicted octanol–water partition coefficient (Wildman–Crippen LogP) is 3.80. The molecule has 2 aromatic rings. The van der Waals surface area contributed by atoms with E-state index >= 15 is 0 Å². The number of benzene rings is 1. The standard InChI is InChI=1S/C25H27Cl2N3O6/c26-18-11-15(13-28-21(31)9-8-17-7-4-10-36-17)12-19(27)22(18)24(33)30-20(25(34)35)14-29-23(32)16-5-2-1-3-6-16/h4,7-12,16,20H,1-3,5-6,13-14H2,(H,28,31)(H,29,32)(H,30,33)(H,34,35)/t20-/m0/s1. The number of carboxylic acids is 1. The van der Waals surface area contributed by atoms with E-state index in [0.717, 1.165) is 32.1 Å². The molecule has 1 aromatic heterocycles. The van der Waals surface area contributed by atoms with Crippen molar-refractivity contribution in [2.45, 2.75) is 44.7 Å². The number of halogens is 2. The molecular formula is C25H27Cl2N3O6. The van der Waals surface area contributed by atoms with Crippen molar-refractivity contribution in [1.82, 2.24) is 16.0 Å². The largest absolute Gasteiger partial charge is 0.480 e. The van der Waals surface area contributed by atoms with Crippen LogP contribution in [0.4, 0.5) is 0 Å². The quantitative estimate of drug-likeness (QED) is 0.341. The van der Waals surface area contributed by atoms with E-state index in [4.69, 9.17) is 27.6 Å². The lowest BCUT2D eigenvalue weighted by molar-refractivity contribution is -0.139. The Morgan fingerprint density at radius 1 is 1.08 bits per heavy atom. The second-order valence-electron chi connectivity index (χ2n) is 8.45. The third-order valence-corrected chi connectivity index (χ3v) is 6.39. The SMILES string of the molecule is O=C(C=Cc1ccco1)NCc1cc(Cl)c(C(=O)N[C@@H](CNC(=O)C2CCCCC2)C(=O)O)c(Cl)c1. The number of amides is 3. The number of carboxylic acid groups (broad SMARTS) is 1. The summed E-state index contributed by atoms with van der Waals surface area (Å²) in [6.45, 7) is -0.172. The van der Waals surface area contributed by atoms with Crippen LogP contribution in [0.2, 0.25) is 10.0 Å². The van der Waals surface area contributed by atoms with E-state index in [0.29, 0.717) is 11.3 Å². The Morgan fingerprint density at radius 3 is 2.39 bits per heavy atom. The zero-order valence-corrected chi connectivity index (χ0v) is 20.9. The number of carbonyl (C=O) groups excluding carboxylic acids is 3. The van der Waals surface area contributed by atoms with Crippen LogP contribution in [0.1, 0.15) is 53.8 Å². The number of carbonyl (C=O) groups is 4. The minimum Gasteiger partial charge on any atom is -0.480 e. The molecule has 192 valence electrons. The third-order valence-electron chi connectivity index (χ3n) is 5.80. The molecule has 0 saturated heterocycles. The molecule has 9 nitrogen and oxygen atoms in total. The van der Waals surface area contributed by atoms with Crippen molar-refractivity contribution >= 4 is 53.0 Å². The first-order chi connectivity index (χ1) is 17.2. The fraction of sp³-hybridized carbons (Fsp3) is 0.360. The summed E-state index contributed by atoms with van der Waals surface area (Å²) in [5.41, 5.74) is 0.437. The van der Waals surface area contributed by atoms with Crippen LogP contribution in [0.3, 0.4) is 0 Å². The van der Waals surface area contributed by atoms with Gasteiger partial charge in [-0.1, -0.05) is 42.5 Å². The highest BCUT2D eigenvalue weighted by atomic mass is 35.5. The number of hydrogen-bond acceptors (Lipinski definition) is 5. The summed E-state index contributed by atoms with van der Waals surface area (Å²) in [6.07, 6.45) is 8.88. The molecule has 0 bridgehead atoms. The average Bonchev–Trinajstić information content (AvgIpc) is 3.37. The van der Waals surface area contributed by atoms with Gasteiger partial charge in [0.1, 0.15) is 11.8 Å². The zero-order chi connectivity index (χ0) is 26.1. The zero-order valence-electron chi connectivity index (χ0n) is 19.4. The molecule has 3 rings (SSSR count). The Labute approximate surface area is 218 Å². The van der Waals surface area contributed by atoms with Crippen molar-refractivity contribution < 1.29 is 28.7 Å². The minimum atomic E-state index is -1.36. The third kappa shape index (κ3) is 7.86. The van der Waals surface area contributed by atoms with Crippen molar-refractivity contribution in [3.05, 3.63) is 63.5 Å². The number of aliphatic carboxylic acids is 1. The Bertz CT molecular complexity index is 1100. The van der Waals surface area contributed by atoms with Gasteiger partial charge in [0.05, 0.1) is 21.9 Å². The van der Waals surface area contributed by atoms with E-state index in [1.165, 1.54) is 30.5 Å². The van der Waals surface area contributed by atoms with Crippen LogP contribution in [-0.2, 0) is 20.9 Å². The van der Waals surface area contributed by atoms with E-state index in [9.17, 15) is 24.3 Å². The summed E-state index contributed by atoms with van der Waals surface area (Å²) in [5, 5.41) is 17.1. The van der Waals surface area contributed by atoms with E-state index in [1.807, 2.05) is 0 Å². The fourth-order valence-corrected chi connectivity index (χ4v) is 4.58. The Morgan fingerprint density at radius 2 is 1.78 bits per heavy atom. The van der Waals surface area contributed by atoms with Gasteiger partial charge in [-0.2, -0.15) is 0 Å². The highest BCUT2D eigenvalue weighted by Gasteiger charge is 2.26. The Kier molecular flexibility index (Phi) is 9.95. The van der Waals surface area contributed by atoms with Crippen LogP contribution in [0.5, 0.6) is 0 Å². The number of hydrogen-bond donors (Lipinski definition) is 4. The normalized spacial score (nSPS) is 14.8. The second-order valence-corrected chi connectivity index (χ2v) is 9.26. The Hall–Kier alpha value is -3.30. The van der Waals surface area contributed by atoms with Gasteiger partial charge in [-0.15, -0.1) is 0 Å². The molecule has 1 aromatic carbocycles. The average molecular weight is 536 g/mol. The summed E-state index contributed by atoms with van der Waals surface area (Å²) in [5.74, 6) is -2.29. The molecule has 3 amide bonds. The maximum atomic E-state index is 12.8. The van der Waals surface area contributed by atoms with Crippen molar-refractivity contribution in [2.75, 3.05) is 6.54 Å². The molecule has 1 atom stereocenters. The first kappa shape index (κ1) is 27.3. The van der Waals surface area contributed by atoms with Crippen molar-refractivity contribution in [1.29, 1.82) is 0 Å². The molecule has 1 aliphatic rings. The topological polar surface area (TPSA) is 138 Å². The maximum Gasteiger partial charge on any atom is 0.328 e. The number of rotatable bonds is 10. The van der Waals surface area contributed by atoms with Gasteiger partial charge in [0.15, 0.2) is 0 Å². The van der Waals surface area contributed by atoms with Gasteiger partial charge >= 0.3 is 5.97 Å². The summed E-state index contributed by atoms with van der Waals surface area (Å²) in [7, 11) is 0. The van der Waals surface area contributed by atoms with Crippen LogP contribution in [-0.4, -0.2) is 41.4 Å². The smallest absolute Gasteiger partial charge is 0.328 e. The maximum absolute atomic E-state index is 12.8. The first-order valence-corrected chi connectivity index (χ1v) is 12.3. The highest BCUT2D eigenvalue weighted by molar-refractivity contribution is 6.39. The molecule has 0 radical (unpaired) electrons. The molecule has 1 heterocycles. The molecular weight excluding hydrogens is 509 g/mol. The second kappa shape index (κ2) is 13.1. The van der Waals surface area contributed by atoms with Crippen LogP contribution in [0, 0.1) is 5.92 Å². The summed E-state index contributed by atoms with van der Waals surface area (Å²) in [4.78, 5) is 48.8. The lowest BCUT2D eigenvalue weighted by Gasteiger charge is -2.22. The van der Waals surface area contributed by atoms with E-state index in [-0.39, 0.29) is 46.4 Å². The van der Waals surface area contributed by atoms with E-state index in [1.54, 1.807) is 12.1 Å². The van der Waals surface area contributed by atoms with Crippen LogP contribution in [0.25, 0.3) is 6.08 Å². The molecule has 1 aliphatic carbocycles. The van der Waals surface area contributed by atoms with Gasteiger partial charge in [-0.25, -0.2) is 4.79 Å². The predicted molar refractivity (Wildman–Crippen MR) is 135 cm³/mol. The van der Waals surface area contributed by atoms with Gasteiger partial charge in [0, 0.05) is 25.1 Å². The fourth-order valence-electron chi connectivity index (χ4n) is 3.88. The summed E-state index contributed by atoms with van der Waals surface area (Å²) in [6, 6.07) is 4.95. The van der Waals surface area contributed by atoms with Crippen LogP contribution >= 0.6 is 23.2 Å². The van der Waals surface area contributed by atoms with Crippen molar-refractivity contribution in [2.24, 2.45) is 5.92 Å². The van der Waals surface area contributed by atoms with Gasteiger partial charge in [0.2, 0.25) is 11.8 Å². The van der Waals surface area contributed by atoms with E-state index < -0.39 is 17.9 Å². The van der Waals surface area contributed by atoms with Crippen LogP contribution < -0.4 is 16.0 Å². The van der Waals surface area contributed by atoms with Gasteiger partial charge in [-0.3, -0.25) is 14.4 Å². The minimum absolute atomic E-state index is 0.00856. The van der Waals surface area contributed by atoms with Gasteiger partial charge in [-0.05, 0) is 48.7 Å². The van der Waals surface area contributed by atoms with Crippen molar-refractivity contribution in [3.63, 3.8) is 0 Å². The van der Waals surface area contributed by atoms with Gasteiger partial charge in [0.25, 0.3) is 5.91 Å². The molecule has 0 unspecified atom stereocenters. The van der Waals surface area contributed by atoms with Crippen molar-refractivity contribution in [3.8, 4) is 0 Å². The molecule has 36 heavy (non-hydrogen) atoms. The molecule has 1 fully saturated rings. The van der Waals surface area contributed by atoms with Crippen LogP contribution in [0.15, 0.2) is 41.0 Å². The van der Waals surface area contributed by atoms with E-state index in [2.05, 4.69) is 16.0 Å². The van der Waals surface area contributed by atoms with Gasteiger partial charge < -0.3 is 25.5 Å². The number of furan rings is 1. The highest BCUT2D eigenvalue weighted by Crippen LogP contribution is 2.27. The molecule has 0 aliphatic heterocycles. The Balaban J connectivity index is 1.57. The number of nitrogens with one attached hydrogen (secondary N) is 3. The lowest BCUT2D eigenvalue weighted by atomic mass is 9.88. The summed E-state index contributed by atoms with van der Waals surface area (Å²) >= 11 is 12.5. The molecule has 4 N–H and O–H groups in total. The first-order valence-electron chi connectivity index (χ1n) is 11.5. The summed E-state index contributed by atoms with van der Waals surface area (Å²) < 4.78 is 5.11.